The van der Waals surface area contributed by atoms with Crippen LogP contribution in [0.15, 0.2) is 67.3 Å². The highest BCUT2D eigenvalue weighted by atomic mass is 16.2. The second-order valence-corrected chi connectivity index (χ2v) is 7.78. The van der Waals surface area contributed by atoms with Crippen molar-refractivity contribution < 1.29 is 4.79 Å². The molecule has 0 radical (unpaired) electrons. The Labute approximate surface area is 181 Å². The van der Waals surface area contributed by atoms with E-state index < -0.39 is 0 Å². The number of aryl methyl sites for hydroxylation is 1. The average molecular weight is 412 g/mol. The normalized spacial score (nSPS) is 14.2. The van der Waals surface area contributed by atoms with Gasteiger partial charge in [-0.05, 0) is 23.3 Å². The Kier molecular flexibility index (Phi) is 5.08. The highest BCUT2D eigenvalue weighted by molar-refractivity contribution is 5.90. The Morgan fingerprint density at radius 3 is 2.55 bits per heavy atom. The van der Waals surface area contributed by atoms with Crippen molar-refractivity contribution in [1.82, 2.24) is 24.4 Å². The summed E-state index contributed by atoms with van der Waals surface area (Å²) in [5.74, 6) is 2.58. The number of hydrogen-bond donors (Lipinski definition) is 0. The fourth-order valence-corrected chi connectivity index (χ4v) is 4.13. The molecule has 156 valence electrons. The molecule has 0 aliphatic carbocycles. The van der Waals surface area contributed by atoms with Gasteiger partial charge in [-0.25, -0.2) is 15.0 Å². The molecule has 31 heavy (non-hydrogen) atoms. The van der Waals surface area contributed by atoms with Crippen LogP contribution in [0.3, 0.4) is 0 Å². The van der Waals surface area contributed by atoms with Gasteiger partial charge in [0.25, 0.3) is 0 Å². The summed E-state index contributed by atoms with van der Waals surface area (Å²) < 4.78 is 1.88. The van der Waals surface area contributed by atoms with E-state index in [1.165, 1.54) is 5.39 Å². The summed E-state index contributed by atoms with van der Waals surface area (Å²) >= 11 is 0. The number of carbonyl (C=O) groups is 1. The number of piperazine rings is 1. The van der Waals surface area contributed by atoms with Crippen LogP contribution in [0.1, 0.15) is 11.4 Å². The molecule has 2 aromatic carbocycles. The second kappa shape index (κ2) is 8.18. The molecule has 0 unspecified atom stereocenters. The van der Waals surface area contributed by atoms with Gasteiger partial charge in [0.15, 0.2) is 0 Å². The number of benzene rings is 2. The van der Waals surface area contributed by atoms with Crippen molar-refractivity contribution in [1.29, 1.82) is 0 Å². The number of anilines is 1. The Morgan fingerprint density at radius 2 is 1.74 bits per heavy atom. The monoisotopic (exact) mass is 412 g/mol. The molecule has 0 atom stereocenters. The summed E-state index contributed by atoms with van der Waals surface area (Å²) in [6.45, 7) is 4.77. The van der Waals surface area contributed by atoms with Gasteiger partial charge in [0.1, 0.15) is 23.8 Å². The highest BCUT2D eigenvalue weighted by Crippen LogP contribution is 2.21. The van der Waals surface area contributed by atoms with Crippen LogP contribution in [0.25, 0.3) is 16.6 Å². The van der Waals surface area contributed by atoms with Gasteiger partial charge in [0, 0.05) is 44.6 Å². The van der Waals surface area contributed by atoms with E-state index in [-0.39, 0.29) is 5.91 Å². The van der Waals surface area contributed by atoms with E-state index in [0.717, 1.165) is 41.5 Å². The van der Waals surface area contributed by atoms with Crippen molar-refractivity contribution in [3.05, 3.63) is 78.6 Å². The fraction of sp³-hybridized carbons (Fsp3) is 0.250. The maximum atomic E-state index is 13.0. The Balaban J connectivity index is 1.27. The first-order chi connectivity index (χ1) is 15.2. The van der Waals surface area contributed by atoms with Crippen molar-refractivity contribution in [2.24, 2.45) is 0 Å². The SMILES string of the molecule is Cc1nc(N2CCN(C(=O)Cc3cccc4ccccc34)CC2)cc(-n2ccnc2)n1. The minimum absolute atomic E-state index is 0.175. The molecular weight excluding hydrogens is 388 g/mol. The third-order valence-electron chi connectivity index (χ3n) is 5.76. The van der Waals surface area contributed by atoms with E-state index in [1.54, 1.807) is 12.5 Å². The van der Waals surface area contributed by atoms with Crippen LogP contribution in [-0.2, 0) is 11.2 Å². The summed E-state index contributed by atoms with van der Waals surface area (Å²) in [7, 11) is 0. The third kappa shape index (κ3) is 3.99. The summed E-state index contributed by atoms with van der Waals surface area (Å²) in [5, 5.41) is 2.32. The molecule has 0 N–H and O–H groups in total. The first-order valence-corrected chi connectivity index (χ1v) is 10.5. The van der Waals surface area contributed by atoms with Gasteiger partial charge in [-0.15, -0.1) is 0 Å². The highest BCUT2D eigenvalue weighted by Gasteiger charge is 2.23. The van der Waals surface area contributed by atoms with E-state index in [9.17, 15) is 4.79 Å². The zero-order valence-electron chi connectivity index (χ0n) is 17.5. The van der Waals surface area contributed by atoms with E-state index in [1.807, 2.05) is 46.9 Å². The summed E-state index contributed by atoms with van der Waals surface area (Å²) in [6.07, 6.45) is 5.76. The number of rotatable bonds is 4. The number of hydrogen-bond acceptors (Lipinski definition) is 5. The molecule has 0 saturated carbocycles. The van der Waals surface area contributed by atoms with E-state index in [4.69, 9.17) is 0 Å². The molecule has 4 aromatic rings. The van der Waals surface area contributed by atoms with Gasteiger partial charge in [-0.3, -0.25) is 9.36 Å². The van der Waals surface area contributed by atoms with E-state index in [0.29, 0.717) is 19.5 Å². The van der Waals surface area contributed by atoms with E-state index in [2.05, 4.69) is 44.1 Å². The molecular formula is C24H24N6O. The number of fused-ring (bicyclic) bond motifs is 1. The lowest BCUT2D eigenvalue weighted by molar-refractivity contribution is -0.130. The first-order valence-electron chi connectivity index (χ1n) is 10.5. The first kappa shape index (κ1) is 19.2. The van der Waals surface area contributed by atoms with Crippen molar-refractivity contribution in [2.45, 2.75) is 13.3 Å². The second-order valence-electron chi connectivity index (χ2n) is 7.78. The standard InChI is InChI=1S/C24H24N6O/c1-18-26-22(16-23(27-18)30-10-9-25-17-30)28-11-13-29(14-12-28)24(31)15-20-7-4-6-19-5-2-3-8-21(19)20/h2-10,16-17H,11-15H2,1H3. The fourth-order valence-electron chi connectivity index (χ4n) is 4.13. The average Bonchev–Trinajstić information content (AvgIpc) is 3.34. The number of carbonyl (C=O) groups excluding carboxylic acids is 1. The molecule has 0 spiro atoms. The van der Waals surface area contributed by atoms with Crippen LogP contribution < -0.4 is 4.90 Å². The maximum absolute atomic E-state index is 13.0. The molecule has 1 saturated heterocycles. The molecule has 1 aliphatic rings. The van der Waals surface area contributed by atoms with Crippen molar-refractivity contribution in [3.63, 3.8) is 0 Å². The summed E-state index contributed by atoms with van der Waals surface area (Å²) in [4.78, 5) is 30.4. The topological polar surface area (TPSA) is 67.2 Å². The van der Waals surface area contributed by atoms with Crippen LogP contribution in [0, 0.1) is 6.92 Å². The summed E-state index contributed by atoms with van der Waals surface area (Å²) in [5.41, 5.74) is 1.09. The lowest BCUT2D eigenvalue weighted by Crippen LogP contribution is -2.49. The van der Waals surface area contributed by atoms with Gasteiger partial charge < -0.3 is 9.80 Å². The summed E-state index contributed by atoms with van der Waals surface area (Å²) in [6, 6.07) is 16.4. The third-order valence-corrected chi connectivity index (χ3v) is 5.76. The van der Waals surface area contributed by atoms with Gasteiger partial charge in [-0.2, -0.15) is 0 Å². The smallest absolute Gasteiger partial charge is 0.227 e. The minimum Gasteiger partial charge on any atom is -0.353 e. The minimum atomic E-state index is 0.175. The Morgan fingerprint density at radius 1 is 0.968 bits per heavy atom. The molecule has 3 heterocycles. The van der Waals surface area contributed by atoms with Crippen LogP contribution in [0.2, 0.25) is 0 Å². The largest absolute Gasteiger partial charge is 0.353 e. The lowest BCUT2D eigenvalue weighted by atomic mass is 10.0. The quantitative estimate of drug-likeness (QED) is 0.516. The Hall–Kier alpha value is -3.74. The molecule has 7 heteroatoms. The van der Waals surface area contributed by atoms with Crippen LogP contribution in [-0.4, -0.2) is 56.5 Å². The van der Waals surface area contributed by atoms with Crippen LogP contribution in [0.5, 0.6) is 0 Å². The van der Waals surface area contributed by atoms with Gasteiger partial charge >= 0.3 is 0 Å². The molecule has 5 rings (SSSR count). The molecule has 2 aromatic heterocycles. The molecule has 0 bridgehead atoms. The maximum Gasteiger partial charge on any atom is 0.227 e. The van der Waals surface area contributed by atoms with Gasteiger partial charge in [-0.1, -0.05) is 42.5 Å². The zero-order chi connectivity index (χ0) is 21.2. The number of imidazole rings is 1. The molecule has 1 fully saturated rings. The van der Waals surface area contributed by atoms with E-state index >= 15 is 0 Å². The lowest BCUT2D eigenvalue weighted by Gasteiger charge is -2.35. The van der Waals surface area contributed by atoms with Crippen molar-refractivity contribution in [3.8, 4) is 5.82 Å². The number of nitrogens with zero attached hydrogens (tertiary/aromatic N) is 6. The Bertz CT molecular complexity index is 1210. The molecule has 1 amide bonds. The van der Waals surface area contributed by atoms with Crippen molar-refractivity contribution >= 4 is 22.5 Å². The van der Waals surface area contributed by atoms with Gasteiger partial charge in [0.05, 0.1) is 6.42 Å². The molecule has 1 aliphatic heterocycles. The van der Waals surface area contributed by atoms with Crippen LogP contribution in [0.4, 0.5) is 5.82 Å². The predicted octanol–water partition coefficient (Wildman–Crippen LogP) is 3.02. The molecule has 7 nitrogen and oxygen atoms in total. The van der Waals surface area contributed by atoms with Crippen LogP contribution >= 0.6 is 0 Å². The predicted molar refractivity (Wildman–Crippen MR) is 120 cm³/mol. The zero-order valence-corrected chi connectivity index (χ0v) is 17.5. The number of amides is 1. The van der Waals surface area contributed by atoms with Gasteiger partial charge in [0.2, 0.25) is 5.91 Å². The van der Waals surface area contributed by atoms with Crippen molar-refractivity contribution in [2.75, 3.05) is 31.1 Å². The number of aromatic nitrogens is 4.